The number of carbonyl (C=O) groups is 1. The molecule has 0 aliphatic carbocycles. The van der Waals surface area contributed by atoms with Gasteiger partial charge >= 0.3 is 0 Å². The average Bonchev–Trinajstić information content (AvgIpc) is 2.47. The van der Waals surface area contributed by atoms with Crippen LogP contribution in [-0.4, -0.2) is 24.2 Å². The second-order valence-corrected chi connectivity index (χ2v) is 5.97. The summed E-state index contributed by atoms with van der Waals surface area (Å²) in [6.07, 6.45) is 3.75. The molecule has 0 bridgehead atoms. The van der Waals surface area contributed by atoms with Crippen molar-refractivity contribution in [1.82, 2.24) is 5.32 Å². The monoisotopic (exact) mass is 293 g/mol. The number of carbonyl (C=O) groups excluding carboxylic acids is 1. The maximum absolute atomic E-state index is 12.3. The average molecular weight is 293 g/mol. The van der Waals surface area contributed by atoms with E-state index in [9.17, 15) is 4.79 Å². The van der Waals surface area contributed by atoms with Gasteiger partial charge in [0.2, 0.25) is 0 Å². The van der Waals surface area contributed by atoms with E-state index in [1.54, 1.807) is 6.07 Å². The lowest BCUT2D eigenvalue weighted by Gasteiger charge is -2.40. The second kappa shape index (κ2) is 6.64. The third-order valence-electron chi connectivity index (χ3n) is 4.23. The molecule has 1 N–H and O–H groups in total. The molecule has 1 aromatic carbocycles. The minimum absolute atomic E-state index is 0.0195. The highest BCUT2D eigenvalue weighted by molar-refractivity contribution is 7.80. The first kappa shape index (κ1) is 15.4. The van der Waals surface area contributed by atoms with E-state index in [0.717, 1.165) is 37.2 Å². The van der Waals surface area contributed by atoms with Gasteiger partial charge in [-0.05, 0) is 43.9 Å². The quantitative estimate of drug-likeness (QED) is 0.835. The van der Waals surface area contributed by atoms with E-state index in [1.807, 2.05) is 18.2 Å². The van der Waals surface area contributed by atoms with Crippen molar-refractivity contribution < 1.29 is 9.53 Å². The number of amides is 1. The zero-order valence-electron chi connectivity index (χ0n) is 12.2. The van der Waals surface area contributed by atoms with E-state index in [-0.39, 0.29) is 17.6 Å². The van der Waals surface area contributed by atoms with Crippen LogP contribution in [0.25, 0.3) is 0 Å². The third-order valence-corrected chi connectivity index (χ3v) is 4.50. The number of thiol groups is 1. The Morgan fingerprint density at radius 2 is 2.20 bits per heavy atom. The van der Waals surface area contributed by atoms with Crippen LogP contribution in [0.4, 0.5) is 0 Å². The van der Waals surface area contributed by atoms with Crippen molar-refractivity contribution in [3.8, 4) is 0 Å². The summed E-state index contributed by atoms with van der Waals surface area (Å²) in [5.74, 6) is -0.0195. The molecule has 0 spiro atoms. The van der Waals surface area contributed by atoms with Gasteiger partial charge in [-0.3, -0.25) is 4.79 Å². The standard InChI is InChI=1S/C16H23NO2S/c1-3-16(4-2)11-13(8-9-19-16)17-15(18)12-6-5-7-14(20)10-12/h5-7,10,13,20H,3-4,8-9,11H2,1-2H3,(H,17,18). The van der Waals surface area contributed by atoms with E-state index in [1.165, 1.54) is 0 Å². The van der Waals surface area contributed by atoms with Gasteiger partial charge in [0.05, 0.1) is 5.60 Å². The van der Waals surface area contributed by atoms with Crippen LogP contribution in [-0.2, 0) is 4.74 Å². The van der Waals surface area contributed by atoms with Crippen molar-refractivity contribution in [1.29, 1.82) is 0 Å². The Balaban J connectivity index is 2.01. The van der Waals surface area contributed by atoms with Gasteiger partial charge in [-0.2, -0.15) is 0 Å². The highest BCUT2D eigenvalue weighted by atomic mass is 32.1. The van der Waals surface area contributed by atoms with Crippen molar-refractivity contribution >= 4 is 18.5 Å². The molecule has 1 aliphatic rings. The largest absolute Gasteiger partial charge is 0.375 e. The molecule has 0 aromatic heterocycles. The molecule has 1 saturated heterocycles. The molecule has 1 fully saturated rings. The second-order valence-electron chi connectivity index (χ2n) is 5.45. The fraction of sp³-hybridized carbons (Fsp3) is 0.562. The first-order chi connectivity index (χ1) is 9.58. The predicted molar refractivity (Wildman–Crippen MR) is 83.4 cm³/mol. The number of ether oxygens (including phenoxy) is 1. The fourth-order valence-electron chi connectivity index (χ4n) is 2.81. The Hall–Kier alpha value is -1.00. The molecule has 1 atom stereocenters. The van der Waals surface area contributed by atoms with Gasteiger partial charge in [0.25, 0.3) is 5.91 Å². The number of hydrogen-bond donors (Lipinski definition) is 2. The van der Waals surface area contributed by atoms with Gasteiger partial charge in [0.15, 0.2) is 0 Å². The summed E-state index contributed by atoms with van der Waals surface area (Å²) in [5.41, 5.74) is 0.601. The highest BCUT2D eigenvalue weighted by Crippen LogP contribution is 2.31. The lowest BCUT2D eigenvalue weighted by Crippen LogP contribution is -2.48. The normalized spacial score (nSPS) is 21.4. The molecule has 110 valence electrons. The summed E-state index contributed by atoms with van der Waals surface area (Å²) in [5, 5.41) is 3.13. The van der Waals surface area contributed by atoms with E-state index in [4.69, 9.17) is 4.74 Å². The van der Waals surface area contributed by atoms with Crippen molar-refractivity contribution in [3.05, 3.63) is 29.8 Å². The number of rotatable bonds is 4. The van der Waals surface area contributed by atoms with Crippen LogP contribution in [0.5, 0.6) is 0 Å². The van der Waals surface area contributed by atoms with Crippen LogP contribution in [0.15, 0.2) is 29.2 Å². The Morgan fingerprint density at radius 1 is 1.45 bits per heavy atom. The molecule has 1 amide bonds. The maximum atomic E-state index is 12.3. The first-order valence-electron chi connectivity index (χ1n) is 7.32. The van der Waals surface area contributed by atoms with Crippen LogP contribution in [0, 0.1) is 0 Å². The molecule has 4 heteroatoms. The number of hydrogen-bond acceptors (Lipinski definition) is 3. The Labute approximate surface area is 126 Å². The smallest absolute Gasteiger partial charge is 0.251 e. The van der Waals surface area contributed by atoms with Crippen LogP contribution in [0.2, 0.25) is 0 Å². The van der Waals surface area contributed by atoms with Gasteiger partial charge in [-0.1, -0.05) is 19.9 Å². The van der Waals surface area contributed by atoms with Crippen LogP contribution >= 0.6 is 12.6 Å². The molecular weight excluding hydrogens is 270 g/mol. The molecule has 0 radical (unpaired) electrons. The van der Waals surface area contributed by atoms with E-state index < -0.39 is 0 Å². The zero-order valence-corrected chi connectivity index (χ0v) is 13.1. The van der Waals surface area contributed by atoms with E-state index in [2.05, 4.69) is 31.8 Å². The van der Waals surface area contributed by atoms with Gasteiger partial charge in [0, 0.05) is 23.1 Å². The van der Waals surface area contributed by atoms with Gasteiger partial charge < -0.3 is 10.1 Å². The summed E-state index contributed by atoms with van der Waals surface area (Å²) in [7, 11) is 0. The molecular formula is C16H23NO2S. The Bertz CT molecular complexity index is 471. The number of benzene rings is 1. The molecule has 1 heterocycles. The van der Waals surface area contributed by atoms with E-state index in [0.29, 0.717) is 5.56 Å². The van der Waals surface area contributed by atoms with Crippen LogP contribution < -0.4 is 5.32 Å². The summed E-state index contributed by atoms with van der Waals surface area (Å²) >= 11 is 4.27. The Kier molecular flexibility index (Phi) is 5.11. The van der Waals surface area contributed by atoms with Crippen molar-refractivity contribution in [2.24, 2.45) is 0 Å². The topological polar surface area (TPSA) is 38.3 Å². The predicted octanol–water partition coefficient (Wildman–Crippen LogP) is 3.44. The summed E-state index contributed by atoms with van der Waals surface area (Å²) in [6.45, 7) is 5.02. The Morgan fingerprint density at radius 3 is 2.85 bits per heavy atom. The molecule has 2 rings (SSSR count). The minimum Gasteiger partial charge on any atom is -0.375 e. The van der Waals surface area contributed by atoms with Crippen molar-refractivity contribution in [2.45, 2.75) is 56.1 Å². The highest BCUT2D eigenvalue weighted by Gasteiger charge is 2.35. The van der Waals surface area contributed by atoms with Crippen LogP contribution in [0.3, 0.4) is 0 Å². The molecule has 20 heavy (non-hydrogen) atoms. The van der Waals surface area contributed by atoms with Crippen LogP contribution in [0.1, 0.15) is 49.9 Å². The van der Waals surface area contributed by atoms with E-state index >= 15 is 0 Å². The molecule has 1 aliphatic heterocycles. The van der Waals surface area contributed by atoms with Gasteiger partial charge in [-0.25, -0.2) is 0 Å². The van der Waals surface area contributed by atoms with Gasteiger partial charge in [-0.15, -0.1) is 12.6 Å². The molecule has 1 aromatic rings. The zero-order chi connectivity index (χ0) is 14.6. The summed E-state index contributed by atoms with van der Waals surface area (Å²) in [6, 6.07) is 7.53. The third kappa shape index (κ3) is 3.55. The lowest BCUT2D eigenvalue weighted by molar-refractivity contribution is -0.0917. The van der Waals surface area contributed by atoms with Crippen molar-refractivity contribution in [2.75, 3.05) is 6.61 Å². The van der Waals surface area contributed by atoms with Gasteiger partial charge in [0.1, 0.15) is 0 Å². The fourth-order valence-corrected chi connectivity index (χ4v) is 3.03. The van der Waals surface area contributed by atoms with Crippen molar-refractivity contribution in [3.63, 3.8) is 0 Å². The maximum Gasteiger partial charge on any atom is 0.251 e. The minimum atomic E-state index is -0.0679. The number of nitrogens with one attached hydrogen (secondary N) is 1. The summed E-state index contributed by atoms with van der Waals surface area (Å²) in [4.78, 5) is 13.1. The SMILES string of the molecule is CCC1(CC)CC(NC(=O)c2cccc(S)c2)CCO1. The molecule has 3 nitrogen and oxygen atoms in total. The lowest BCUT2D eigenvalue weighted by atomic mass is 9.86. The molecule has 1 unspecified atom stereocenters. The first-order valence-corrected chi connectivity index (χ1v) is 7.77. The summed E-state index contributed by atoms with van der Waals surface area (Å²) < 4.78 is 5.94. The molecule has 0 saturated carbocycles.